The number of carbonyl (C=O) groups excluding carboxylic acids is 1. The van der Waals surface area contributed by atoms with E-state index >= 15 is 0 Å². The Kier molecular flexibility index (Phi) is 4.95. The summed E-state index contributed by atoms with van der Waals surface area (Å²) >= 11 is 5.77. The first-order valence-electron chi connectivity index (χ1n) is 8.51. The molecule has 7 heteroatoms. The monoisotopic (exact) mass is 395 g/mol. The molecular formula is C21H15ClFN3O2. The van der Waals surface area contributed by atoms with Crippen LogP contribution in [0.3, 0.4) is 0 Å². The Morgan fingerprint density at radius 1 is 1.11 bits per heavy atom. The van der Waals surface area contributed by atoms with Crippen LogP contribution in [0.1, 0.15) is 16.1 Å². The van der Waals surface area contributed by atoms with Crippen LogP contribution in [0.25, 0.3) is 5.65 Å². The molecule has 0 spiro atoms. The number of nitrogens with zero attached hydrogens (tertiary/aromatic N) is 2. The first-order valence-corrected chi connectivity index (χ1v) is 8.89. The van der Waals surface area contributed by atoms with Crippen molar-refractivity contribution in [3.05, 3.63) is 95.2 Å². The number of pyridine rings is 1. The molecule has 140 valence electrons. The molecule has 1 amide bonds. The number of aromatic nitrogens is 2. The molecule has 0 unspecified atom stereocenters. The molecule has 2 aromatic carbocycles. The third-order valence-electron chi connectivity index (χ3n) is 4.12. The average Bonchev–Trinajstić information content (AvgIpc) is 3.13. The van der Waals surface area contributed by atoms with Crippen LogP contribution in [0.5, 0.6) is 5.75 Å². The first-order chi connectivity index (χ1) is 13.6. The number of hydrogen-bond donors (Lipinski definition) is 1. The number of para-hydroxylation sites is 1. The zero-order valence-corrected chi connectivity index (χ0v) is 15.4. The van der Waals surface area contributed by atoms with Crippen molar-refractivity contribution in [1.82, 2.24) is 9.38 Å². The van der Waals surface area contributed by atoms with Crippen molar-refractivity contribution >= 4 is 28.8 Å². The Labute approximate surface area is 165 Å². The minimum Gasteiger partial charge on any atom is -0.486 e. The Morgan fingerprint density at radius 3 is 2.79 bits per heavy atom. The van der Waals surface area contributed by atoms with E-state index < -0.39 is 11.7 Å². The highest BCUT2D eigenvalue weighted by atomic mass is 35.5. The summed E-state index contributed by atoms with van der Waals surface area (Å²) in [6.45, 7) is 0.192. The van der Waals surface area contributed by atoms with Gasteiger partial charge in [-0.15, -0.1) is 0 Å². The van der Waals surface area contributed by atoms with Gasteiger partial charge in [0.15, 0.2) is 5.82 Å². The number of halogens is 2. The van der Waals surface area contributed by atoms with Crippen molar-refractivity contribution < 1.29 is 13.9 Å². The minimum atomic E-state index is -0.680. The molecular weight excluding hydrogens is 381 g/mol. The maximum atomic E-state index is 14.1. The maximum Gasteiger partial charge on any atom is 0.259 e. The second-order valence-electron chi connectivity index (χ2n) is 6.04. The molecule has 2 heterocycles. The molecule has 0 atom stereocenters. The van der Waals surface area contributed by atoms with Gasteiger partial charge in [0.2, 0.25) is 0 Å². The third-order valence-corrected chi connectivity index (χ3v) is 4.41. The van der Waals surface area contributed by atoms with Gasteiger partial charge in [-0.25, -0.2) is 9.37 Å². The number of benzene rings is 2. The summed E-state index contributed by atoms with van der Waals surface area (Å²) < 4.78 is 21.8. The van der Waals surface area contributed by atoms with Gasteiger partial charge in [-0.3, -0.25) is 4.79 Å². The summed E-state index contributed by atoms with van der Waals surface area (Å²) in [7, 11) is 0. The van der Waals surface area contributed by atoms with Gasteiger partial charge in [0.25, 0.3) is 5.91 Å². The lowest BCUT2D eigenvalue weighted by molar-refractivity contribution is 0.102. The molecule has 0 fully saturated rings. The number of rotatable bonds is 5. The van der Waals surface area contributed by atoms with Crippen LogP contribution in [-0.2, 0) is 6.61 Å². The molecule has 0 aliphatic heterocycles. The number of ether oxygens (including phenoxy) is 1. The second-order valence-corrected chi connectivity index (χ2v) is 6.45. The number of imidazole rings is 1. The van der Waals surface area contributed by atoms with Crippen LogP contribution >= 0.6 is 11.6 Å². The highest BCUT2D eigenvalue weighted by Gasteiger charge is 2.15. The summed E-state index contributed by atoms with van der Waals surface area (Å²) in [5, 5.41) is 2.47. The summed E-state index contributed by atoms with van der Waals surface area (Å²) in [5.41, 5.74) is 1.82. The van der Waals surface area contributed by atoms with E-state index in [1.54, 1.807) is 30.3 Å². The fraction of sp³-hybridized carbons (Fsp3) is 0.0476. The third kappa shape index (κ3) is 3.68. The molecule has 0 aliphatic carbocycles. The molecule has 0 bridgehead atoms. The fourth-order valence-corrected chi connectivity index (χ4v) is 2.95. The second kappa shape index (κ2) is 7.70. The van der Waals surface area contributed by atoms with Gasteiger partial charge in [-0.1, -0.05) is 35.9 Å². The predicted molar refractivity (Wildman–Crippen MR) is 105 cm³/mol. The zero-order chi connectivity index (χ0) is 19.5. The average molecular weight is 396 g/mol. The molecule has 2 aromatic heterocycles. The number of amides is 1. The van der Waals surface area contributed by atoms with Gasteiger partial charge in [-0.2, -0.15) is 0 Å². The largest absolute Gasteiger partial charge is 0.486 e. The molecule has 0 saturated heterocycles. The van der Waals surface area contributed by atoms with Gasteiger partial charge in [0.1, 0.15) is 18.0 Å². The minimum absolute atomic E-state index is 0.00709. The summed E-state index contributed by atoms with van der Waals surface area (Å²) in [5.74, 6) is -0.799. The first kappa shape index (κ1) is 18.0. The normalized spacial score (nSPS) is 10.8. The van der Waals surface area contributed by atoms with E-state index in [0.29, 0.717) is 5.75 Å². The molecule has 4 aromatic rings. The van der Waals surface area contributed by atoms with Crippen molar-refractivity contribution in [1.29, 1.82) is 0 Å². The smallest absolute Gasteiger partial charge is 0.259 e. The topological polar surface area (TPSA) is 55.6 Å². The lowest BCUT2D eigenvalue weighted by atomic mass is 10.2. The number of anilines is 1. The summed E-state index contributed by atoms with van der Waals surface area (Å²) in [4.78, 5) is 17.1. The van der Waals surface area contributed by atoms with Crippen LogP contribution in [-0.4, -0.2) is 15.3 Å². The Bertz CT molecular complexity index is 1130. The van der Waals surface area contributed by atoms with Gasteiger partial charge < -0.3 is 14.5 Å². The summed E-state index contributed by atoms with van der Waals surface area (Å²) in [6, 6.07) is 16.9. The van der Waals surface area contributed by atoms with Crippen molar-refractivity contribution in [3.8, 4) is 5.75 Å². The quantitative estimate of drug-likeness (QED) is 0.519. The molecule has 5 nitrogen and oxygen atoms in total. The van der Waals surface area contributed by atoms with Crippen LogP contribution in [0.15, 0.2) is 73.1 Å². The van der Waals surface area contributed by atoms with Gasteiger partial charge in [0.05, 0.1) is 22.0 Å². The van der Waals surface area contributed by atoms with E-state index in [9.17, 15) is 9.18 Å². The Balaban J connectivity index is 1.53. The standard InChI is InChI=1S/C21H15ClFN3O2/c22-16-7-5-8-17(20(16)23)25-21(27)15-6-1-2-9-18(15)28-13-14-12-26-11-4-3-10-19(26)24-14/h1-12H,13H2,(H,25,27). The molecule has 0 radical (unpaired) electrons. The van der Waals surface area contributed by atoms with Crippen molar-refractivity contribution in [2.24, 2.45) is 0 Å². The van der Waals surface area contributed by atoms with E-state index in [4.69, 9.17) is 16.3 Å². The zero-order valence-electron chi connectivity index (χ0n) is 14.6. The number of fused-ring (bicyclic) bond motifs is 1. The van der Waals surface area contributed by atoms with Gasteiger partial charge in [0, 0.05) is 12.4 Å². The molecule has 28 heavy (non-hydrogen) atoms. The number of nitrogens with one attached hydrogen (secondary N) is 1. The van der Waals surface area contributed by atoms with Gasteiger partial charge >= 0.3 is 0 Å². The highest BCUT2D eigenvalue weighted by Crippen LogP contribution is 2.25. The van der Waals surface area contributed by atoms with E-state index in [0.717, 1.165) is 11.3 Å². The van der Waals surface area contributed by atoms with Crippen LogP contribution in [0.2, 0.25) is 5.02 Å². The Hall–Kier alpha value is -3.38. The lowest BCUT2D eigenvalue weighted by Gasteiger charge is -2.11. The lowest BCUT2D eigenvalue weighted by Crippen LogP contribution is -2.14. The van der Waals surface area contributed by atoms with E-state index in [1.165, 1.54) is 12.1 Å². The van der Waals surface area contributed by atoms with Crippen LogP contribution in [0.4, 0.5) is 10.1 Å². The van der Waals surface area contributed by atoms with Crippen molar-refractivity contribution in [2.45, 2.75) is 6.61 Å². The predicted octanol–water partition coefficient (Wildman–Crippen LogP) is 4.96. The highest BCUT2D eigenvalue weighted by molar-refractivity contribution is 6.31. The van der Waals surface area contributed by atoms with Crippen molar-refractivity contribution in [3.63, 3.8) is 0 Å². The van der Waals surface area contributed by atoms with Crippen molar-refractivity contribution in [2.75, 3.05) is 5.32 Å². The SMILES string of the molecule is O=C(Nc1cccc(Cl)c1F)c1ccccc1OCc1cn2ccccc2n1. The molecule has 0 saturated carbocycles. The van der Waals surface area contributed by atoms with Crippen LogP contribution < -0.4 is 10.1 Å². The van der Waals surface area contributed by atoms with Gasteiger partial charge in [-0.05, 0) is 36.4 Å². The number of carbonyl (C=O) groups is 1. The molecule has 1 N–H and O–H groups in total. The van der Waals surface area contributed by atoms with E-state index in [1.807, 2.05) is 35.0 Å². The Morgan fingerprint density at radius 2 is 1.93 bits per heavy atom. The maximum absolute atomic E-state index is 14.1. The molecule has 0 aliphatic rings. The fourth-order valence-electron chi connectivity index (χ4n) is 2.78. The van der Waals surface area contributed by atoms with E-state index in [2.05, 4.69) is 10.3 Å². The van der Waals surface area contributed by atoms with E-state index in [-0.39, 0.29) is 22.9 Å². The summed E-state index contributed by atoms with van der Waals surface area (Å²) in [6.07, 6.45) is 3.76. The number of hydrogen-bond acceptors (Lipinski definition) is 3. The van der Waals surface area contributed by atoms with Crippen LogP contribution in [0, 0.1) is 5.82 Å². The molecule has 4 rings (SSSR count).